The summed E-state index contributed by atoms with van der Waals surface area (Å²) in [4.78, 5) is 11.2. The monoisotopic (exact) mass is 314 g/mol. The minimum absolute atomic E-state index is 0.194. The number of hydrogen-bond donors (Lipinski definition) is 0. The van der Waals surface area contributed by atoms with Gasteiger partial charge in [-0.3, -0.25) is 4.79 Å². The Bertz CT molecular complexity index is 740. The van der Waals surface area contributed by atoms with Crippen molar-refractivity contribution in [3.8, 4) is 11.8 Å². The van der Waals surface area contributed by atoms with Crippen molar-refractivity contribution in [1.82, 2.24) is 0 Å². The van der Waals surface area contributed by atoms with Crippen molar-refractivity contribution >= 4 is 5.97 Å². The van der Waals surface area contributed by atoms with Crippen LogP contribution in [0.25, 0.3) is 0 Å². The van der Waals surface area contributed by atoms with Crippen LogP contribution < -0.4 is 0 Å². The van der Waals surface area contributed by atoms with Gasteiger partial charge < -0.3 is 4.74 Å². The van der Waals surface area contributed by atoms with Crippen molar-refractivity contribution in [2.45, 2.75) is 19.3 Å². The molecule has 0 saturated heterocycles. The predicted octanol–water partition coefficient (Wildman–Crippen LogP) is 3.66. The first-order valence-electron chi connectivity index (χ1n) is 7.17. The quantitative estimate of drug-likeness (QED) is 0.636. The number of carbonyl (C=O) groups excluding carboxylic acids is 1. The normalized spacial score (nSPS) is 9.87. The summed E-state index contributed by atoms with van der Waals surface area (Å²) in [6.45, 7) is 0. The van der Waals surface area contributed by atoms with E-state index in [0.717, 1.165) is 17.2 Å². The van der Waals surface area contributed by atoms with E-state index >= 15 is 0 Å². The fourth-order valence-electron chi connectivity index (χ4n) is 2.02. The van der Waals surface area contributed by atoms with Gasteiger partial charge in [-0.15, -0.1) is 0 Å². The summed E-state index contributed by atoms with van der Waals surface area (Å²) in [6.07, 6.45) is 1.53. The number of rotatable bonds is 4. The Hall–Kier alpha value is -2.67. The lowest BCUT2D eigenvalue weighted by Gasteiger charge is -2.02. The van der Waals surface area contributed by atoms with Crippen LogP contribution in [-0.2, 0) is 22.4 Å². The minimum Gasteiger partial charge on any atom is -0.469 e. The zero-order valence-electron chi connectivity index (χ0n) is 12.7. The molecule has 0 bridgehead atoms. The molecule has 23 heavy (non-hydrogen) atoms. The molecule has 0 fully saturated rings. The number of aryl methyl sites for hydroxylation is 1. The molecule has 0 atom stereocenters. The van der Waals surface area contributed by atoms with Gasteiger partial charge >= 0.3 is 5.97 Å². The van der Waals surface area contributed by atoms with Gasteiger partial charge in [-0.25, -0.2) is 8.78 Å². The highest BCUT2D eigenvalue weighted by Gasteiger charge is 2.02. The summed E-state index contributed by atoms with van der Waals surface area (Å²) < 4.78 is 30.8. The van der Waals surface area contributed by atoms with Crippen LogP contribution in [0.2, 0.25) is 0 Å². The molecule has 0 aliphatic carbocycles. The third-order valence-corrected chi connectivity index (χ3v) is 3.29. The molecule has 118 valence electrons. The van der Waals surface area contributed by atoms with Gasteiger partial charge in [-0.1, -0.05) is 36.1 Å². The smallest absolute Gasteiger partial charge is 0.309 e. The van der Waals surface area contributed by atoms with Crippen LogP contribution in [0.5, 0.6) is 0 Å². The molecular formula is C19H16F2O2. The first kappa shape index (κ1) is 16.7. The maximum absolute atomic E-state index is 13.4. The van der Waals surface area contributed by atoms with E-state index in [-0.39, 0.29) is 18.0 Å². The van der Waals surface area contributed by atoms with Crippen molar-refractivity contribution < 1.29 is 18.3 Å². The summed E-state index contributed by atoms with van der Waals surface area (Å²) in [5.74, 6) is 4.05. The van der Waals surface area contributed by atoms with Crippen molar-refractivity contribution in [1.29, 1.82) is 0 Å². The highest BCUT2D eigenvalue weighted by atomic mass is 19.1. The third-order valence-electron chi connectivity index (χ3n) is 3.29. The van der Waals surface area contributed by atoms with E-state index in [0.29, 0.717) is 12.8 Å². The van der Waals surface area contributed by atoms with Gasteiger partial charge in [0.15, 0.2) is 0 Å². The van der Waals surface area contributed by atoms with Crippen LogP contribution in [0.15, 0.2) is 42.5 Å². The van der Waals surface area contributed by atoms with E-state index < -0.39 is 11.6 Å². The average molecular weight is 314 g/mol. The van der Waals surface area contributed by atoms with E-state index in [9.17, 15) is 13.6 Å². The molecule has 4 heteroatoms. The average Bonchev–Trinajstić information content (AvgIpc) is 2.54. The van der Waals surface area contributed by atoms with Crippen LogP contribution >= 0.6 is 0 Å². The maximum atomic E-state index is 13.4. The van der Waals surface area contributed by atoms with Gasteiger partial charge in [-0.05, 0) is 29.7 Å². The predicted molar refractivity (Wildman–Crippen MR) is 83.7 cm³/mol. The van der Waals surface area contributed by atoms with Crippen molar-refractivity contribution in [3.05, 3.63) is 70.8 Å². The zero-order valence-corrected chi connectivity index (χ0v) is 12.7. The second kappa shape index (κ2) is 8.09. The summed E-state index contributed by atoms with van der Waals surface area (Å²) in [7, 11) is 1.36. The topological polar surface area (TPSA) is 26.3 Å². The molecule has 0 unspecified atom stereocenters. The Morgan fingerprint density at radius 1 is 1.09 bits per heavy atom. The Kier molecular flexibility index (Phi) is 5.87. The number of methoxy groups -OCH3 is 1. The van der Waals surface area contributed by atoms with Crippen LogP contribution in [0.3, 0.4) is 0 Å². The minimum atomic E-state index is -0.648. The maximum Gasteiger partial charge on any atom is 0.309 e. The second-order valence-electron chi connectivity index (χ2n) is 5.00. The van der Waals surface area contributed by atoms with E-state index in [2.05, 4.69) is 16.6 Å². The lowest BCUT2D eigenvalue weighted by atomic mass is 10.1. The molecule has 0 amide bonds. The van der Waals surface area contributed by atoms with Gasteiger partial charge in [0.25, 0.3) is 0 Å². The fraction of sp³-hybridized carbons (Fsp3) is 0.211. The lowest BCUT2D eigenvalue weighted by molar-refractivity contribution is -0.139. The van der Waals surface area contributed by atoms with Crippen LogP contribution in [0.1, 0.15) is 23.1 Å². The number of hydrogen-bond acceptors (Lipinski definition) is 2. The molecule has 2 rings (SSSR count). The van der Waals surface area contributed by atoms with Gasteiger partial charge in [0.2, 0.25) is 0 Å². The number of carbonyl (C=O) groups is 1. The van der Waals surface area contributed by atoms with E-state index in [1.54, 1.807) is 0 Å². The SMILES string of the molecule is COC(=O)Cc1ccc(CCC#Cc2ccc(F)cc2F)cc1. The summed E-state index contributed by atoms with van der Waals surface area (Å²) in [5, 5.41) is 0. The standard InChI is InChI=1S/C19H16F2O2/c1-23-19(22)12-15-8-6-14(7-9-15)4-2-3-5-16-10-11-17(20)13-18(16)21/h6-11,13H,2,4,12H2,1H3. The molecule has 0 aliphatic heterocycles. The molecule has 0 radical (unpaired) electrons. The molecular weight excluding hydrogens is 298 g/mol. The van der Waals surface area contributed by atoms with Gasteiger partial charge in [-0.2, -0.15) is 0 Å². The van der Waals surface area contributed by atoms with Crippen LogP contribution in [0, 0.1) is 23.5 Å². The highest BCUT2D eigenvalue weighted by Crippen LogP contribution is 2.09. The molecule has 0 spiro atoms. The summed E-state index contributed by atoms with van der Waals surface area (Å²) >= 11 is 0. The fourth-order valence-corrected chi connectivity index (χ4v) is 2.02. The number of benzene rings is 2. The first-order valence-corrected chi connectivity index (χ1v) is 7.17. The number of ether oxygens (including phenoxy) is 1. The highest BCUT2D eigenvalue weighted by molar-refractivity contribution is 5.72. The lowest BCUT2D eigenvalue weighted by Crippen LogP contribution is -2.04. The molecule has 0 saturated carbocycles. The Morgan fingerprint density at radius 2 is 1.78 bits per heavy atom. The summed E-state index contributed by atoms with van der Waals surface area (Å²) in [5.41, 5.74) is 2.16. The van der Waals surface area contributed by atoms with E-state index in [4.69, 9.17) is 0 Å². The summed E-state index contributed by atoms with van der Waals surface area (Å²) in [6, 6.07) is 11.0. The second-order valence-corrected chi connectivity index (χ2v) is 5.00. The van der Waals surface area contributed by atoms with Crippen molar-refractivity contribution in [2.75, 3.05) is 7.11 Å². The van der Waals surface area contributed by atoms with Crippen LogP contribution in [-0.4, -0.2) is 13.1 Å². The van der Waals surface area contributed by atoms with Gasteiger partial charge in [0.1, 0.15) is 11.6 Å². The van der Waals surface area contributed by atoms with E-state index in [1.165, 1.54) is 19.2 Å². The largest absolute Gasteiger partial charge is 0.469 e. The molecule has 2 aromatic carbocycles. The Balaban J connectivity index is 1.89. The molecule has 0 heterocycles. The molecule has 0 aromatic heterocycles. The van der Waals surface area contributed by atoms with Crippen molar-refractivity contribution in [3.63, 3.8) is 0 Å². The van der Waals surface area contributed by atoms with Gasteiger partial charge in [0.05, 0.1) is 19.1 Å². The van der Waals surface area contributed by atoms with Crippen LogP contribution in [0.4, 0.5) is 8.78 Å². The van der Waals surface area contributed by atoms with E-state index in [1.807, 2.05) is 24.3 Å². The molecule has 0 aliphatic rings. The third kappa shape index (κ3) is 5.23. The Morgan fingerprint density at radius 3 is 2.43 bits per heavy atom. The zero-order chi connectivity index (χ0) is 16.7. The van der Waals surface area contributed by atoms with Gasteiger partial charge in [0, 0.05) is 12.5 Å². The first-order chi connectivity index (χ1) is 11.1. The number of halogens is 2. The number of esters is 1. The molecule has 0 N–H and O–H groups in total. The van der Waals surface area contributed by atoms with Crippen molar-refractivity contribution in [2.24, 2.45) is 0 Å². The molecule has 2 aromatic rings. The molecule has 2 nitrogen and oxygen atoms in total. The Labute approximate surface area is 134 Å².